The van der Waals surface area contributed by atoms with Gasteiger partial charge >= 0.3 is 5.97 Å². The quantitative estimate of drug-likeness (QED) is 0.220. The largest absolute Gasteiger partial charge is 0.466 e. The highest BCUT2D eigenvalue weighted by atomic mass is 35.5. The molecule has 6 rings (SSSR count). The summed E-state index contributed by atoms with van der Waals surface area (Å²) in [7, 11) is 1.35. The smallest absolute Gasteiger partial charge is 0.338 e. The molecule has 1 aliphatic rings. The number of carbonyl (C=O) groups excluding carboxylic acids is 1. The van der Waals surface area contributed by atoms with Crippen LogP contribution >= 0.6 is 22.9 Å². The third-order valence-electron chi connectivity index (χ3n) is 7.75. The van der Waals surface area contributed by atoms with Crippen molar-refractivity contribution < 1.29 is 9.53 Å². The van der Waals surface area contributed by atoms with Gasteiger partial charge in [0.2, 0.25) is 0 Å². The van der Waals surface area contributed by atoms with Crippen molar-refractivity contribution in [1.82, 2.24) is 9.13 Å². The van der Waals surface area contributed by atoms with E-state index in [2.05, 4.69) is 36.7 Å². The summed E-state index contributed by atoms with van der Waals surface area (Å²) in [6, 6.07) is 23.4. The summed E-state index contributed by atoms with van der Waals surface area (Å²) in [5.41, 5.74) is 5.70. The number of benzene rings is 3. The van der Waals surface area contributed by atoms with Gasteiger partial charge in [-0.1, -0.05) is 97.4 Å². The average Bonchev–Trinajstić information content (AvgIpc) is 3.49. The molecular formula is C34H30ClN3O3S. The summed E-state index contributed by atoms with van der Waals surface area (Å²) in [5, 5.41) is 1.74. The lowest BCUT2D eigenvalue weighted by atomic mass is 9.93. The second-order valence-corrected chi connectivity index (χ2v) is 12.1. The highest BCUT2D eigenvalue weighted by Gasteiger charge is 2.33. The molecule has 2 aromatic heterocycles. The maximum atomic E-state index is 14.1. The minimum absolute atomic E-state index is 0.200. The van der Waals surface area contributed by atoms with Crippen LogP contribution < -0.4 is 14.9 Å². The molecule has 1 aliphatic heterocycles. The lowest BCUT2D eigenvalue weighted by Crippen LogP contribution is -2.39. The van der Waals surface area contributed by atoms with E-state index in [1.807, 2.05) is 66.7 Å². The number of halogens is 1. The van der Waals surface area contributed by atoms with Crippen LogP contribution in [0.2, 0.25) is 5.02 Å². The molecule has 42 heavy (non-hydrogen) atoms. The summed E-state index contributed by atoms with van der Waals surface area (Å²) in [6.07, 6.45) is 3.98. The first-order valence-corrected chi connectivity index (χ1v) is 15.0. The van der Waals surface area contributed by atoms with Crippen LogP contribution in [0.15, 0.2) is 100 Å². The van der Waals surface area contributed by atoms with Gasteiger partial charge in [-0.15, -0.1) is 0 Å². The standard InChI is InChI=1S/C34H30ClN3O3S/c1-20(2)22-13-15-23(16-14-22)31-30(33(40)41-4)21(3)36-34-38(31)32(39)29(42-34)17-25-19-37(28-12-8-6-10-26(25)28)18-24-9-5-7-11-27(24)35/h5-17,19-20,31H,18H2,1-4H3/t31-/m0/s1. The van der Waals surface area contributed by atoms with Crippen LogP contribution in [0.1, 0.15) is 55.0 Å². The van der Waals surface area contributed by atoms with Gasteiger partial charge in [0.1, 0.15) is 0 Å². The van der Waals surface area contributed by atoms with Crippen LogP contribution in [-0.4, -0.2) is 22.2 Å². The molecule has 0 bridgehead atoms. The molecule has 0 radical (unpaired) electrons. The van der Waals surface area contributed by atoms with E-state index in [-0.39, 0.29) is 5.56 Å². The Morgan fingerprint density at radius 3 is 2.50 bits per heavy atom. The molecule has 0 aliphatic carbocycles. The molecule has 8 heteroatoms. The predicted octanol–water partition coefficient (Wildman–Crippen LogP) is 6.19. The minimum Gasteiger partial charge on any atom is -0.466 e. The first-order chi connectivity index (χ1) is 20.3. The Balaban J connectivity index is 1.51. The number of fused-ring (bicyclic) bond motifs is 2. The van der Waals surface area contributed by atoms with Crippen molar-refractivity contribution in [1.29, 1.82) is 0 Å². The lowest BCUT2D eigenvalue weighted by Gasteiger charge is -2.24. The molecule has 0 N–H and O–H groups in total. The second-order valence-electron chi connectivity index (χ2n) is 10.7. The van der Waals surface area contributed by atoms with E-state index < -0.39 is 12.0 Å². The summed E-state index contributed by atoms with van der Waals surface area (Å²) in [6.45, 7) is 6.66. The van der Waals surface area contributed by atoms with Crippen molar-refractivity contribution in [3.05, 3.63) is 137 Å². The number of esters is 1. The first kappa shape index (κ1) is 27.9. The zero-order valence-corrected chi connectivity index (χ0v) is 25.4. The van der Waals surface area contributed by atoms with Crippen LogP contribution in [-0.2, 0) is 16.1 Å². The summed E-state index contributed by atoms with van der Waals surface area (Å²) in [5.74, 6) is -0.135. The fourth-order valence-corrected chi connectivity index (χ4v) is 6.78. The van der Waals surface area contributed by atoms with Crippen molar-refractivity contribution in [3.63, 3.8) is 0 Å². The lowest BCUT2D eigenvalue weighted by molar-refractivity contribution is -0.136. The summed E-state index contributed by atoms with van der Waals surface area (Å²) in [4.78, 5) is 32.4. The molecule has 1 atom stereocenters. The molecule has 0 amide bonds. The number of rotatable bonds is 6. The molecule has 3 heterocycles. The van der Waals surface area contributed by atoms with Crippen LogP contribution in [0, 0.1) is 0 Å². The number of thiazole rings is 1. The molecule has 6 nitrogen and oxygen atoms in total. The molecule has 0 saturated heterocycles. The Bertz CT molecular complexity index is 2050. The van der Waals surface area contributed by atoms with Crippen LogP contribution in [0.3, 0.4) is 0 Å². The average molecular weight is 596 g/mol. The number of para-hydroxylation sites is 1. The molecule has 212 valence electrons. The van der Waals surface area contributed by atoms with Crippen LogP contribution in [0.25, 0.3) is 17.0 Å². The highest BCUT2D eigenvalue weighted by molar-refractivity contribution is 7.07. The van der Waals surface area contributed by atoms with Crippen molar-refractivity contribution in [2.45, 2.75) is 39.3 Å². The molecular weight excluding hydrogens is 566 g/mol. The van der Waals surface area contributed by atoms with E-state index in [1.165, 1.54) is 24.0 Å². The van der Waals surface area contributed by atoms with Gasteiger partial charge in [-0.25, -0.2) is 9.79 Å². The van der Waals surface area contributed by atoms with Crippen molar-refractivity contribution >= 4 is 45.9 Å². The van der Waals surface area contributed by atoms with Gasteiger partial charge in [0, 0.05) is 34.2 Å². The maximum Gasteiger partial charge on any atom is 0.338 e. The topological polar surface area (TPSA) is 65.6 Å². The monoisotopic (exact) mass is 595 g/mol. The Morgan fingerprint density at radius 2 is 1.79 bits per heavy atom. The molecule has 3 aromatic carbocycles. The highest BCUT2D eigenvalue weighted by Crippen LogP contribution is 2.31. The summed E-state index contributed by atoms with van der Waals surface area (Å²) < 4.78 is 9.47. The van der Waals surface area contributed by atoms with Gasteiger partial charge in [0.25, 0.3) is 5.56 Å². The fourth-order valence-electron chi connectivity index (χ4n) is 5.54. The van der Waals surface area contributed by atoms with Crippen molar-refractivity contribution in [3.8, 4) is 0 Å². The molecule has 0 saturated carbocycles. The van der Waals surface area contributed by atoms with Gasteiger partial charge in [-0.3, -0.25) is 9.36 Å². The molecule has 5 aromatic rings. The van der Waals surface area contributed by atoms with Gasteiger partial charge in [0.15, 0.2) is 4.80 Å². The molecule has 0 spiro atoms. The van der Waals surface area contributed by atoms with Gasteiger partial charge in [0.05, 0.1) is 29.0 Å². The normalized spacial score (nSPS) is 15.3. The van der Waals surface area contributed by atoms with E-state index in [1.54, 1.807) is 11.5 Å². The van der Waals surface area contributed by atoms with Gasteiger partial charge < -0.3 is 9.30 Å². The van der Waals surface area contributed by atoms with E-state index >= 15 is 0 Å². The third kappa shape index (κ3) is 4.93. The number of ether oxygens (including phenoxy) is 1. The van der Waals surface area contributed by atoms with E-state index in [4.69, 9.17) is 21.3 Å². The minimum atomic E-state index is -0.640. The van der Waals surface area contributed by atoms with E-state index in [0.29, 0.717) is 38.1 Å². The molecule has 0 fully saturated rings. The van der Waals surface area contributed by atoms with Gasteiger partial charge in [-0.2, -0.15) is 0 Å². The predicted molar refractivity (Wildman–Crippen MR) is 169 cm³/mol. The number of nitrogens with zero attached hydrogens (tertiary/aromatic N) is 3. The first-order valence-electron chi connectivity index (χ1n) is 13.8. The number of carbonyl (C=O) groups is 1. The number of allylic oxidation sites excluding steroid dienone is 1. The zero-order chi connectivity index (χ0) is 29.5. The SMILES string of the molecule is COC(=O)C1=C(C)N=c2sc(=Cc3cn(Cc4ccccc4Cl)c4ccccc34)c(=O)n2[C@H]1c1ccc(C(C)C)cc1. The number of methoxy groups -OCH3 is 1. The van der Waals surface area contributed by atoms with Gasteiger partial charge in [-0.05, 0) is 47.7 Å². The third-order valence-corrected chi connectivity index (χ3v) is 9.10. The summed E-state index contributed by atoms with van der Waals surface area (Å²) >= 11 is 7.80. The Kier molecular flexibility index (Phi) is 7.47. The van der Waals surface area contributed by atoms with E-state index in [0.717, 1.165) is 27.6 Å². The molecule has 0 unspecified atom stereocenters. The zero-order valence-electron chi connectivity index (χ0n) is 23.8. The number of hydrogen-bond acceptors (Lipinski definition) is 5. The van der Waals surface area contributed by atoms with Crippen LogP contribution in [0.4, 0.5) is 0 Å². The maximum absolute atomic E-state index is 14.1. The van der Waals surface area contributed by atoms with Crippen molar-refractivity contribution in [2.75, 3.05) is 7.11 Å². The number of aromatic nitrogens is 2. The number of hydrogen-bond donors (Lipinski definition) is 0. The van der Waals surface area contributed by atoms with Crippen molar-refractivity contribution in [2.24, 2.45) is 4.99 Å². The Labute approximate surface area is 252 Å². The Morgan fingerprint density at radius 1 is 1.07 bits per heavy atom. The fraction of sp³-hybridized carbons (Fsp3) is 0.206. The van der Waals surface area contributed by atoms with E-state index in [9.17, 15) is 9.59 Å². The van der Waals surface area contributed by atoms with Crippen LogP contribution in [0.5, 0.6) is 0 Å². The second kappa shape index (κ2) is 11.2. The Hall–Kier alpha value is -4.20.